The van der Waals surface area contributed by atoms with Crippen LogP contribution in [-0.2, 0) is 6.54 Å². The van der Waals surface area contributed by atoms with E-state index in [-0.39, 0.29) is 12.6 Å². The van der Waals surface area contributed by atoms with Gasteiger partial charge in [0.1, 0.15) is 5.65 Å². The maximum Gasteiger partial charge on any atom is 0.138 e. The maximum atomic E-state index is 12.6. The highest BCUT2D eigenvalue weighted by Gasteiger charge is 2.35. The fraction of sp³-hybridized carbons (Fsp3) is 0.462. The van der Waals surface area contributed by atoms with Gasteiger partial charge in [-0.15, -0.1) is 0 Å². The summed E-state index contributed by atoms with van der Waals surface area (Å²) >= 11 is 3.44. The molecule has 0 saturated carbocycles. The molecule has 0 aliphatic carbocycles. The molecule has 3 heterocycles. The second-order valence-electron chi connectivity index (χ2n) is 4.93. The van der Waals surface area contributed by atoms with Crippen molar-refractivity contribution in [3.8, 4) is 0 Å². The van der Waals surface area contributed by atoms with Crippen molar-refractivity contribution < 1.29 is 4.39 Å². The third kappa shape index (κ3) is 2.06. The summed E-state index contributed by atoms with van der Waals surface area (Å²) in [7, 11) is 0. The summed E-state index contributed by atoms with van der Waals surface area (Å²) in [6.07, 6.45) is 4.02. The lowest BCUT2D eigenvalue weighted by Crippen LogP contribution is -2.54. The van der Waals surface area contributed by atoms with Gasteiger partial charge in [-0.05, 0) is 19.1 Å². The van der Waals surface area contributed by atoms with Gasteiger partial charge in [0, 0.05) is 41.9 Å². The van der Waals surface area contributed by atoms with E-state index in [2.05, 4.69) is 32.7 Å². The van der Waals surface area contributed by atoms with Gasteiger partial charge >= 0.3 is 0 Å². The van der Waals surface area contributed by atoms with E-state index < -0.39 is 0 Å². The molecule has 0 N–H and O–H groups in total. The van der Waals surface area contributed by atoms with Crippen molar-refractivity contribution in [1.82, 2.24) is 14.3 Å². The summed E-state index contributed by atoms with van der Waals surface area (Å²) in [6, 6.07) is 4.31. The normalized spacial score (nSPS) is 24.4. The number of hydrogen-bond donors (Lipinski definition) is 0. The number of imidazole rings is 1. The van der Waals surface area contributed by atoms with Crippen LogP contribution in [0.5, 0.6) is 0 Å². The Morgan fingerprint density at radius 1 is 1.56 bits per heavy atom. The minimum absolute atomic E-state index is 0.205. The van der Waals surface area contributed by atoms with Crippen molar-refractivity contribution in [3.63, 3.8) is 0 Å². The van der Waals surface area contributed by atoms with E-state index in [1.807, 2.05) is 28.9 Å². The number of hydrogen-bond acceptors (Lipinski definition) is 2. The van der Waals surface area contributed by atoms with Crippen molar-refractivity contribution >= 4 is 21.6 Å². The molecule has 96 valence electrons. The van der Waals surface area contributed by atoms with Crippen LogP contribution < -0.4 is 0 Å². The molecular formula is C13H15BrFN3. The molecule has 0 bridgehead atoms. The smallest absolute Gasteiger partial charge is 0.138 e. The van der Waals surface area contributed by atoms with Crippen LogP contribution in [0.3, 0.4) is 0 Å². The van der Waals surface area contributed by atoms with Crippen LogP contribution in [0.4, 0.5) is 4.39 Å². The molecule has 2 aromatic rings. The minimum Gasteiger partial charge on any atom is -0.307 e. The van der Waals surface area contributed by atoms with Gasteiger partial charge in [-0.1, -0.05) is 15.9 Å². The molecule has 3 nitrogen and oxygen atoms in total. The van der Waals surface area contributed by atoms with E-state index >= 15 is 0 Å². The molecule has 18 heavy (non-hydrogen) atoms. The molecule has 2 aromatic heterocycles. The number of halogens is 2. The number of fused-ring (bicyclic) bond motifs is 1. The highest BCUT2D eigenvalue weighted by atomic mass is 79.9. The Labute approximate surface area is 114 Å². The maximum absolute atomic E-state index is 12.6. The van der Waals surface area contributed by atoms with Gasteiger partial charge in [0.15, 0.2) is 0 Å². The van der Waals surface area contributed by atoms with Crippen LogP contribution in [0.15, 0.2) is 29.0 Å². The van der Waals surface area contributed by atoms with Crippen molar-refractivity contribution in [1.29, 1.82) is 0 Å². The molecule has 1 aliphatic heterocycles. The fourth-order valence-electron chi connectivity index (χ4n) is 2.46. The highest BCUT2D eigenvalue weighted by Crippen LogP contribution is 2.26. The van der Waals surface area contributed by atoms with Gasteiger partial charge in [0.2, 0.25) is 0 Å². The van der Waals surface area contributed by atoms with Crippen molar-refractivity contribution in [2.45, 2.75) is 19.5 Å². The quantitative estimate of drug-likeness (QED) is 0.869. The van der Waals surface area contributed by atoms with Gasteiger partial charge in [-0.2, -0.15) is 0 Å². The van der Waals surface area contributed by atoms with E-state index in [4.69, 9.17) is 0 Å². The van der Waals surface area contributed by atoms with Gasteiger partial charge in [-0.3, -0.25) is 9.29 Å². The Morgan fingerprint density at radius 3 is 3.11 bits per heavy atom. The third-order valence-corrected chi connectivity index (χ3v) is 4.26. The first-order valence-electron chi connectivity index (χ1n) is 6.10. The summed E-state index contributed by atoms with van der Waals surface area (Å²) < 4.78 is 15.6. The summed E-state index contributed by atoms with van der Waals surface area (Å²) in [4.78, 5) is 6.84. The van der Waals surface area contributed by atoms with E-state index in [0.29, 0.717) is 6.04 Å². The molecule has 2 atom stereocenters. The number of nitrogens with zero attached hydrogens (tertiary/aromatic N) is 3. The van der Waals surface area contributed by atoms with Crippen LogP contribution in [0.2, 0.25) is 0 Å². The Morgan fingerprint density at radius 2 is 2.39 bits per heavy atom. The molecule has 1 aliphatic rings. The fourth-order valence-corrected chi connectivity index (χ4v) is 2.78. The van der Waals surface area contributed by atoms with Crippen LogP contribution in [-0.4, -0.2) is 33.5 Å². The lowest BCUT2D eigenvalue weighted by molar-refractivity contribution is 0.00517. The summed E-state index contributed by atoms with van der Waals surface area (Å²) in [5, 5.41) is 0. The first kappa shape index (κ1) is 12.1. The Balaban J connectivity index is 1.76. The number of aromatic nitrogens is 2. The van der Waals surface area contributed by atoms with E-state index in [9.17, 15) is 4.39 Å². The van der Waals surface area contributed by atoms with Crippen LogP contribution >= 0.6 is 15.9 Å². The molecular weight excluding hydrogens is 297 g/mol. The Bertz CT molecular complexity index is 568. The number of rotatable bonds is 3. The monoisotopic (exact) mass is 311 g/mol. The van der Waals surface area contributed by atoms with E-state index in [1.165, 1.54) is 0 Å². The molecule has 1 saturated heterocycles. The van der Waals surface area contributed by atoms with Crippen molar-refractivity contribution in [3.05, 3.63) is 34.7 Å². The molecule has 0 aromatic carbocycles. The van der Waals surface area contributed by atoms with Crippen LogP contribution in [0, 0.1) is 5.92 Å². The Hall–Kier alpha value is -0.940. The standard InChI is InChI=1S/C13H15BrFN3/c1-9-10(5-15)6-18(9)8-12-7-17-3-2-11(14)4-13(17)16-12/h2-4,7,9-10H,5-6,8H2,1H3. The molecule has 0 amide bonds. The zero-order chi connectivity index (χ0) is 12.7. The average Bonchev–Trinajstić information content (AvgIpc) is 2.75. The average molecular weight is 312 g/mol. The first-order valence-corrected chi connectivity index (χ1v) is 6.90. The molecule has 1 fully saturated rings. The minimum atomic E-state index is -0.213. The summed E-state index contributed by atoms with van der Waals surface area (Å²) in [5.41, 5.74) is 1.98. The van der Waals surface area contributed by atoms with E-state index in [1.54, 1.807) is 0 Å². The number of alkyl halides is 1. The van der Waals surface area contributed by atoms with Gasteiger partial charge in [0.25, 0.3) is 0 Å². The second kappa shape index (κ2) is 4.63. The molecule has 5 heteroatoms. The topological polar surface area (TPSA) is 20.5 Å². The van der Waals surface area contributed by atoms with Crippen LogP contribution in [0.1, 0.15) is 12.6 Å². The second-order valence-corrected chi connectivity index (χ2v) is 5.84. The van der Waals surface area contributed by atoms with Crippen LogP contribution in [0.25, 0.3) is 5.65 Å². The number of likely N-dealkylation sites (tertiary alicyclic amines) is 1. The lowest BCUT2D eigenvalue weighted by atomic mass is 9.91. The summed E-state index contributed by atoms with van der Waals surface area (Å²) in [5.74, 6) is 0.205. The molecule has 2 unspecified atom stereocenters. The lowest BCUT2D eigenvalue weighted by Gasteiger charge is -2.44. The predicted molar refractivity (Wildman–Crippen MR) is 72.2 cm³/mol. The molecule has 3 rings (SSSR count). The van der Waals surface area contributed by atoms with Gasteiger partial charge < -0.3 is 4.40 Å². The van der Waals surface area contributed by atoms with Gasteiger partial charge in [-0.25, -0.2) is 4.98 Å². The zero-order valence-corrected chi connectivity index (χ0v) is 11.8. The SMILES string of the molecule is CC1C(CF)CN1Cc1cn2ccc(Br)cc2n1. The highest BCUT2D eigenvalue weighted by molar-refractivity contribution is 9.10. The van der Waals surface area contributed by atoms with E-state index in [0.717, 1.165) is 28.9 Å². The number of pyridine rings is 1. The first-order chi connectivity index (χ1) is 8.67. The zero-order valence-electron chi connectivity index (χ0n) is 10.2. The third-order valence-electron chi connectivity index (χ3n) is 3.76. The Kier molecular flexibility index (Phi) is 3.11. The van der Waals surface area contributed by atoms with Crippen molar-refractivity contribution in [2.24, 2.45) is 5.92 Å². The largest absolute Gasteiger partial charge is 0.307 e. The molecule has 0 radical (unpaired) electrons. The predicted octanol–water partition coefficient (Wildman–Crippen LogP) is 2.89. The van der Waals surface area contributed by atoms with Crippen molar-refractivity contribution in [2.75, 3.05) is 13.2 Å². The summed E-state index contributed by atoms with van der Waals surface area (Å²) in [6.45, 7) is 3.52. The van der Waals surface area contributed by atoms with Gasteiger partial charge in [0.05, 0.1) is 12.4 Å². The molecule has 0 spiro atoms.